The fraction of sp³-hybridized carbons (Fsp3) is 0.158. The Hall–Kier alpha value is -3.48. The van der Waals surface area contributed by atoms with Crippen LogP contribution < -0.4 is 20.1 Å². The highest BCUT2D eigenvalue weighted by molar-refractivity contribution is 6.01. The van der Waals surface area contributed by atoms with Gasteiger partial charge >= 0.3 is 5.97 Å². The Bertz CT molecular complexity index is 783. The Morgan fingerprint density at radius 2 is 1.38 bits per heavy atom. The predicted octanol–water partition coefficient (Wildman–Crippen LogP) is 2.56. The quantitative estimate of drug-likeness (QED) is 0.586. The normalized spacial score (nSPS) is 10.7. The lowest BCUT2D eigenvalue weighted by atomic mass is 10.2. The highest BCUT2D eigenvalue weighted by Crippen LogP contribution is 2.15. The van der Waals surface area contributed by atoms with E-state index in [0.717, 1.165) is 0 Å². The number of esters is 1. The smallest absolute Gasteiger partial charge is 0.356 e. The van der Waals surface area contributed by atoms with Gasteiger partial charge in [-0.2, -0.15) is 0 Å². The summed E-state index contributed by atoms with van der Waals surface area (Å²) in [5.41, 5.74) is 1.07. The van der Waals surface area contributed by atoms with E-state index in [9.17, 15) is 9.59 Å². The molecule has 0 saturated heterocycles. The number of ether oxygens (including phenoxy) is 3. The Labute approximate surface area is 151 Å². The van der Waals surface area contributed by atoms with E-state index in [1.165, 1.54) is 20.4 Å². The van der Waals surface area contributed by atoms with Crippen molar-refractivity contribution < 1.29 is 23.8 Å². The molecule has 0 unspecified atom stereocenters. The molecule has 0 aromatic heterocycles. The van der Waals surface area contributed by atoms with Crippen molar-refractivity contribution in [2.45, 2.75) is 0 Å². The van der Waals surface area contributed by atoms with Crippen LogP contribution in [-0.2, 0) is 9.53 Å². The Morgan fingerprint density at radius 3 is 1.88 bits per heavy atom. The standard InChI is InChI=1S/C19H20N2O5/c1-24-15-8-4-13(5-9-15)18(22)21-17(19(23)26-3)12-20-14-6-10-16(25-2)11-7-14/h4-12,20H,1-3H3,(H,21,22)/b17-12+. The lowest BCUT2D eigenvalue weighted by Gasteiger charge is -2.10. The summed E-state index contributed by atoms with van der Waals surface area (Å²) in [5.74, 6) is 0.223. The van der Waals surface area contributed by atoms with Crippen LogP contribution in [0.25, 0.3) is 0 Å². The summed E-state index contributed by atoms with van der Waals surface area (Å²) in [5, 5.41) is 5.47. The fourth-order valence-corrected chi connectivity index (χ4v) is 2.04. The lowest BCUT2D eigenvalue weighted by Crippen LogP contribution is -2.28. The van der Waals surface area contributed by atoms with Crippen molar-refractivity contribution in [2.24, 2.45) is 0 Å². The number of methoxy groups -OCH3 is 3. The molecular weight excluding hydrogens is 336 g/mol. The molecule has 0 aliphatic heterocycles. The van der Waals surface area contributed by atoms with E-state index in [-0.39, 0.29) is 5.70 Å². The minimum atomic E-state index is -0.673. The van der Waals surface area contributed by atoms with Gasteiger partial charge in [-0.25, -0.2) is 4.79 Å². The van der Waals surface area contributed by atoms with Crippen molar-refractivity contribution in [1.29, 1.82) is 0 Å². The van der Waals surface area contributed by atoms with Gasteiger partial charge in [0, 0.05) is 17.5 Å². The van der Waals surface area contributed by atoms with Crippen LogP contribution >= 0.6 is 0 Å². The molecular formula is C19H20N2O5. The monoisotopic (exact) mass is 356 g/mol. The van der Waals surface area contributed by atoms with E-state index in [1.54, 1.807) is 55.6 Å². The number of rotatable bonds is 7. The van der Waals surface area contributed by atoms with Crippen molar-refractivity contribution in [3.8, 4) is 11.5 Å². The minimum absolute atomic E-state index is 0.0239. The van der Waals surface area contributed by atoms with Crippen LogP contribution in [0.1, 0.15) is 10.4 Å². The van der Waals surface area contributed by atoms with Gasteiger partial charge in [0.25, 0.3) is 5.91 Å². The maximum Gasteiger partial charge on any atom is 0.356 e. The van der Waals surface area contributed by atoms with Crippen LogP contribution in [0, 0.1) is 0 Å². The van der Waals surface area contributed by atoms with E-state index in [1.807, 2.05) is 0 Å². The molecule has 0 saturated carbocycles. The molecule has 1 amide bonds. The molecule has 136 valence electrons. The summed E-state index contributed by atoms with van der Waals surface area (Å²) in [6, 6.07) is 13.6. The van der Waals surface area contributed by atoms with Gasteiger partial charge in [0.05, 0.1) is 21.3 Å². The van der Waals surface area contributed by atoms with Crippen LogP contribution in [0.3, 0.4) is 0 Å². The maximum absolute atomic E-state index is 12.3. The molecule has 0 fully saturated rings. The third kappa shape index (κ3) is 5.01. The molecule has 2 aromatic rings. The first-order valence-corrected chi connectivity index (χ1v) is 7.72. The van der Waals surface area contributed by atoms with Gasteiger partial charge in [-0.1, -0.05) is 0 Å². The summed E-state index contributed by atoms with van der Waals surface area (Å²) >= 11 is 0. The first-order chi connectivity index (χ1) is 12.6. The fourth-order valence-electron chi connectivity index (χ4n) is 2.04. The largest absolute Gasteiger partial charge is 0.497 e. The summed E-state index contributed by atoms with van der Waals surface area (Å²) in [7, 11) is 4.35. The first-order valence-electron chi connectivity index (χ1n) is 7.72. The maximum atomic E-state index is 12.3. The van der Waals surface area contributed by atoms with E-state index < -0.39 is 11.9 Å². The Kier molecular flexibility index (Phi) is 6.61. The first kappa shape index (κ1) is 18.9. The molecule has 0 spiro atoms. The van der Waals surface area contributed by atoms with Gasteiger partial charge < -0.3 is 24.8 Å². The van der Waals surface area contributed by atoms with Crippen LogP contribution in [-0.4, -0.2) is 33.2 Å². The molecule has 0 aliphatic rings. The molecule has 0 heterocycles. The molecule has 0 aliphatic carbocycles. The summed E-state index contributed by atoms with van der Waals surface area (Å²) in [4.78, 5) is 24.2. The van der Waals surface area contributed by atoms with Crippen LogP contribution in [0.4, 0.5) is 5.69 Å². The highest BCUT2D eigenvalue weighted by atomic mass is 16.5. The third-order valence-electron chi connectivity index (χ3n) is 3.48. The number of hydrogen-bond donors (Lipinski definition) is 2. The second-order valence-electron chi connectivity index (χ2n) is 5.11. The molecule has 7 nitrogen and oxygen atoms in total. The van der Waals surface area contributed by atoms with E-state index in [0.29, 0.717) is 22.7 Å². The zero-order valence-electron chi connectivity index (χ0n) is 14.7. The van der Waals surface area contributed by atoms with E-state index in [4.69, 9.17) is 14.2 Å². The molecule has 0 bridgehead atoms. The lowest BCUT2D eigenvalue weighted by molar-refractivity contribution is -0.136. The van der Waals surface area contributed by atoms with E-state index >= 15 is 0 Å². The summed E-state index contributed by atoms with van der Waals surface area (Å²) < 4.78 is 14.8. The van der Waals surface area contributed by atoms with Crippen molar-refractivity contribution in [2.75, 3.05) is 26.6 Å². The zero-order valence-corrected chi connectivity index (χ0v) is 14.7. The molecule has 2 rings (SSSR count). The SMILES string of the molecule is COC(=O)/C(=C\Nc1ccc(OC)cc1)NC(=O)c1ccc(OC)cc1. The summed E-state index contributed by atoms with van der Waals surface area (Å²) in [6.45, 7) is 0. The van der Waals surface area contributed by atoms with E-state index in [2.05, 4.69) is 10.6 Å². The van der Waals surface area contributed by atoms with Gasteiger partial charge in [-0.15, -0.1) is 0 Å². The molecule has 0 atom stereocenters. The second kappa shape index (κ2) is 9.12. The van der Waals surface area contributed by atoms with Crippen molar-refractivity contribution in [3.63, 3.8) is 0 Å². The van der Waals surface area contributed by atoms with Crippen LogP contribution in [0.5, 0.6) is 11.5 Å². The predicted molar refractivity (Wildman–Crippen MR) is 97.2 cm³/mol. The number of carbonyl (C=O) groups is 2. The summed E-state index contributed by atoms with van der Waals surface area (Å²) in [6.07, 6.45) is 1.37. The van der Waals surface area contributed by atoms with Gasteiger partial charge in [0.2, 0.25) is 0 Å². The molecule has 0 radical (unpaired) electrons. The zero-order chi connectivity index (χ0) is 18.9. The highest BCUT2D eigenvalue weighted by Gasteiger charge is 2.15. The van der Waals surface area contributed by atoms with Crippen LogP contribution in [0.2, 0.25) is 0 Å². The molecule has 2 aromatic carbocycles. The number of nitrogens with one attached hydrogen (secondary N) is 2. The number of hydrogen-bond acceptors (Lipinski definition) is 6. The van der Waals surface area contributed by atoms with Gasteiger partial charge in [0.1, 0.15) is 17.2 Å². The van der Waals surface area contributed by atoms with Crippen molar-refractivity contribution in [1.82, 2.24) is 5.32 Å². The van der Waals surface area contributed by atoms with Crippen LogP contribution in [0.15, 0.2) is 60.4 Å². The number of amides is 1. The third-order valence-corrected chi connectivity index (χ3v) is 3.48. The van der Waals surface area contributed by atoms with Gasteiger partial charge in [0.15, 0.2) is 0 Å². The molecule has 26 heavy (non-hydrogen) atoms. The number of anilines is 1. The number of benzene rings is 2. The average molecular weight is 356 g/mol. The van der Waals surface area contributed by atoms with Crippen molar-refractivity contribution in [3.05, 3.63) is 66.0 Å². The Balaban J connectivity index is 2.12. The average Bonchev–Trinajstić information content (AvgIpc) is 2.70. The number of carbonyl (C=O) groups excluding carboxylic acids is 2. The van der Waals surface area contributed by atoms with Gasteiger partial charge in [-0.3, -0.25) is 4.79 Å². The topological polar surface area (TPSA) is 85.9 Å². The van der Waals surface area contributed by atoms with Crippen molar-refractivity contribution >= 4 is 17.6 Å². The molecule has 2 N–H and O–H groups in total. The molecule has 7 heteroatoms. The minimum Gasteiger partial charge on any atom is -0.497 e. The van der Waals surface area contributed by atoms with Gasteiger partial charge in [-0.05, 0) is 48.5 Å². The Morgan fingerprint density at radius 1 is 0.846 bits per heavy atom. The second-order valence-corrected chi connectivity index (χ2v) is 5.11.